The van der Waals surface area contributed by atoms with E-state index in [1.165, 1.54) is 0 Å². The molecule has 0 atom stereocenters. The fourth-order valence-corrected chi connectivity index (χ4v) is 3.23. The highest BCUT2D eigenvalue weighted by Gasteiger charge is 2.07. The first-order valence-corrected chi connectivity index (χ1v) is 8.21. The van der Waals surface area contributed by atoms with Crippen LogP contribution in [0, 0.1) is 0 Å². The Morgan fingerprint density at radius 2 is 2.14 bits per heavy atom. The first-order valence-electron chi connectivity index (χ1n) is 6.16. The third-order valence-corrected chi connectivity index (χ3v) is 4.41. The van der Waals surface area contributed by atoms with Crippen LogP contribution in [0.25, 0.3) is 10.7 Å². The monoisotopic (exact) mass is 380 g/mol. The summed E-state index contributed by atoms with van der Waals surface area (Å²) >= 11 is 11.0. The van der Waals surface area contributed by atoms with Gasteiger partial charge in [0.25, 0.3) is 0 Å². The average molecular weight is 382 g/mol. The van der Waals surface area contributed by atoms with E-state index in [0.717, 1.165) is 20.9 Å². The second kappa shape index (κ2) is 6.56. The van der Waals surface area contributed by atoms with Gasteiger partial charge in [-0.15, -0.1) is 11.3 Å². The third-order valence-electron chi connectivity index (χ3n) is 2.71. The minimum atomic E-state index is 0.380. The van der Waals surface area contributed by atoms with Crippen molar-refractivity contribution in [2.45, 2.75) is 6.61 Å². The fourth-order valence-electron chi connectivity index (χ4n) is 1.72. The quantitative estimate of drug-likeness (QED) is 0.623. The van der Waals surface area contributed by atoms with Crippen molar-refractivity contribution in [3.05, 3.63) is 63.2 Å². The van der Waals surface area contributed by atoms with Gasteiger partial charge in [-0.1, -0.05) is 33.6 Å². The summed E-state index contributed by atoms with van der Waals surface area (Å²) in [6, 6.07) is 11.3. The summed E-state index contributed by atoms with van der Waals surface area (Å²) < 4.78 is 6.62. The lowest BCUT2D eigenvalue weighted by Crippen LogP contribution is -1.96. The van der Waals surface area contributed by atoms with Crippen LogP contribution < -0.4 is 4.74 Å². The molecule has 1 aromatic carbocycles. The Hall–Kier alpha value is -1.43. The molecule has 0 aliphatic rings. The molecule has 0 saturated carbocycles. The average Bonchev–Trinajstić information content (AvgIpc) is 2.96. The molecule has 106 valence electrons. The second-order valence-electron chi connectivity index (χ2n) is 4.22. The Balaban J connectivity index is 1.70. The summed E-state index contributed by atoms with van der Waals surface area (Å²) in [4.78, 5) is 8.81. The van der Waals surface area contributed by atoms with E-state index in [4.69, 9.17) is 16.3 Å². The number of thiazole rings is 1. The SMILES string of the molecule is Clc1cc(Br)ccc1OCc1csc(-c2ccccn2)n1. The van der Waals surface area contributed by atoms with Crippen LogP contribution in [-0.4, -0.2) is 9.97 Å². The van der Waals surface area contributed by atoms with Gasteiger partial charge in [0.2, 0.25) is 0 Å². The smallest absolute Gasteiger partial charge is 0.142 e. The van der Waals surface area contributed by atoms with E-state index in [2.05, 4.69) is 25.9 Å². The summed E-state index contributed by atoms with van der Waals surface area (Å²) in [6.45, 7) is 0.380. The van der Waals surface area contributed by atoms with Crippen molar-refractivity contribution in [2.75, 3.05) is 0 Å². The molecule has 0 aliphatic carbocycles. The Kier molecular flexibility index (Phi) is 4.53. The van der Waals surface area contributed by atoms with Crippen LogP contribution in [0.4, 0.5) is 0 Å². The molecule has 0 unspecified atom stereocenters. The molecule has 3 aromatic rings. The number of pyridine rings is 1. The number of benzene rings is 1. The maximum atomic E-state index is 6.11. The van der Waals surface area contributed by atoms with Crippen LogP contribution in [0.5, 0.6) is 5.75 Å². The summed E-state index contributed by atoms with van der Waals surface area (Å²) in [5.74, 6) is 0.646. The molecule has 3 rings (SSSR count). The van der Waals surface area contributed by atoms with Gasteiger partial charge in [-0.3, -0.25) is 4.98 Å². The number of ether oxygens (including phenoxy) is 1. The van der Waals surface area contributed by atoms with Crippen LogP contribution in [0.15, 0.2) is 52.4 Å². The molecule has 0 spiro atoms. The van der Waals surface area contributed by atoms with E-state index in [0.29, 0.717) is 17.4 Å². The molecule has 0 amide bonds. The molecule has 3 nitrogen and oxygen atoms in total. The molecule has 0 saturated heterocycles. The molecule has 0 aliphatic heterocycles. The number of hydrogen-bond donors (Lipinski definition) is 0. The van der Waals surface area contributed by atoms with Gasteiger partial charge >= 0.3 is 0 Å². The Morgan fingerprint density at radius 1 is 1.24 bits per heavy atom. The van der Waals surface area contributed by atoms with Crippen LogP contribution >= 0.6 is 38.9 Å². The van der Waals surface area contributed by atoms with Crippen LogP contribution in [0.3, 0.4) is 0 Å². The highest BCUT2D eigenvalue weighted by Crippen LogP contribution is 2.29. The van der Waals surface area contributed by atoms with Gasteiger partial charge in [0.05, 0.1) is 16.4 Å². The Bertz CT molecular complexity index is 748. The normalized spacial score (nSPS) is 10.6. The van der Waals surface area contributed by atoms with Crippen molar-refractivity contribution >= 4 is 38.9 Å². The first kappa shape index (κ1) is 14.5. The van der Waals surface area contributed by atoms with E-state index >= 15 is 0 Å². The molecule has 21 heavy (non-hydrogen) atoms. The molecule has 0 radical (unpaired) electrons. The topological polar surface area (TPSA) is 35.0 Å². The van der Waals surface area contributed by atoms with Crippen molar-refractivity contribution in [2.24, 2.45) is 0 Å². The molecule has 2 heterocycles. The van der Waals surface area contributed by atoms with E-state index < -0.39 is 0 Å². The van der Waals surface area contributed by atoms with Gasteiger partial charge < -0.3 is 4.74 Å². The zero-order valence-corrected chi connectivity index (χ0v) is 14.0. The number of aromatic nitrogens is 2. The van der Waals surface area contributed by atoms with Crippen molar-refractivity contribution in [1.29, 1.82) is 0 Å². The van der Waals surface area contributed by atoms with Gasteiger partial charge in [0, 0.05) is 16.0 Å². The molecule has 0 fully saturated rings. The lowest BCUT2D eigenvalue weighted by Gasteiger charge is -2.06. The predicted molar refractivity (Wildman–Crippen MR) is 88.8 cm³/mol. The van der Waals surface area contributed by atoms with Gasteiger partial charge in [-0.2, -0.15) is 0 Å². The lowest BCUT2D eigenvalue weighted by molar-refractivity contribution is 0.302. The minimum Gasteiger partial charge on any atom is -0.486 e. The van der Waals surface area contributed by atoms with E-state index in [9.17, 15) is 0 Å². The Labute approximate surface area is 139 Å². The zero-order valence-electron chi connectivity index (χ0n) is 10.8. The van der Waals surface area contributed by atoms with Crippen molar-refractivity contribution in [3.8, 4) is 16.5 Å². The summed E-state index contributed by atoms with van der Waals surface area (Å²) in [5.41, 5.74) is 1.73. The number of hydrogen-bond acceptors (Lipinski definition) is 4. The van der Waals surface area contributed by atoms with Crippen molar-refractivity contribution in [3.63, 3.8) is 0 Å². The largest absolute Gasteiger partial charge is 0.486 e. The molecule has 6 heteroatoms. The minimum absolute atomic E-state index is 0.380. The van der Waals surface area contributed by atoms with E-state index in [-0.39, 0.29) is 0 Å². The maximum absolute atomic E-state index is 6.11. The molecule has 0 bridgehead atoms. The van der Waals surface area contributed by atoms with Crippen LogP contribution in [0.1, 0.15) is 5.69 Å². The van der Waals surface area contributed by atoms with Gasteiger partial charge in [-0.05, 0) is 30.3 Å². The molecule has 2 aromatic heterocycles. The molecular formula is C15H10BrClN2OS. The molecule has 0 N–H and O–H groups in total. The molecular weight excluding hydrogens is 372 g/mol. The third kappa shape index (κ3) is 3.61. The van der Waals surface area contributed by atoms with E-state index in [1.807, 2.05) is 35.7 Å². The number of rotatable bonds is 4. The summed E-state index contributed by atoms with van der Waals surface area (Å²) in [6.07, 6.45) is 1.76. The van der Waals surface area contributed by atoms with Gasteiger partial charge in [0.1, 0.15) is 17.4 Å². The van der Waals surface area contributed by atoms with E-state index in [1.54, 1.807) is 23.6 Å². The standard InChI is InChI=1S/C15H10BrClN2OS/c16-10-4-5-14(12(17)7-10)20-8-11-9-21-15(19-11)13-3-1-2-6-18-13/h1-7,9H,8H2. The number of nitrogens with zero attached hydrogens (tertiary/aromatic N) is 2. The Morgan fingerprint density at radius 3 is 2.90 bits per heavy atom. The fraction of sp³-hybridized carbons (Fsp3) is 0.0667. The number of halogens is 2. The second-order valence-corrected chi connectivity index (χ2v) is 6.40. The maximum Gasteiger partial charge on any atom is 0.142 e. The first-order chi connectivity index (χ1) is 10.2. The van der Waals surface area contributed by atoms with Gasteiger partial charge in [0.15, 0.2) is 0 Å². The highest BCUT2D eigenvalue weighted by atomic mass is 79.9. The summed E-state index contributed by atoms with van der Waals surface area (Å²) in [5, 5.41) is 3.43. The van der Waals surface area contributed by atoms with Crippen LogP contribution in [-0.2, 0) is 6.61 Å². The highest BCUT2D eigenvalue weighted by molar-refractivity contribution is 9.10. The lowest BCUT2D eigenvalue weighted by atomic mass is 10.3. The van der Waals surface area contributed by atoms with Crippen molar-refractivity contribution < 1.29 is 4.74 Å². The van der Waals surface area contributed by atoms with Crippen LogP contribution in [0.2, 0.25) is 5.02 Å². The van der Waals surface area contributed by atoms with Crippen molar-refractivity contribution in [1.82, 2.24) is 9.97 Å². The zero-order chi connectivity index (χ0) is 14.7. The predicted octanol–water partition coefficient (Wildman–Crippen LogP) is 5.20. The van der Waals surface area contributed by atoms with Gasteiger partial charge in [-0.25, -0.2) is 4.98 Å². The summed E-state index contributed by atoms with van der Waals surface area (Å²) in [7, 11) is 0.